The Morgan fingerprint density at radius 2 is 1.85 bits per heavy atom. The Balaban J connectivity index is 1.38. The highest BCUT2D eigenvalue weighted by atomic mass is 32.2. The molecule has 0 aliphatic carbocycles. The summed E-state index contributed by atoms with van der Waals surface area (Å²) in [5, 5.41) is 9.71. The van der Waals surface area contributed by atoms with Crippen LogP contribution in [0, 0.1) is 5.82 Å². The highest BCUT2D eigenvalue weighted by Gasteiger charge is 2.25. The van der Waals surface area contributed by atoms with Gasteiger partial charge in [-0.25, -0.2) is 22.6 Å². The van der Waals surface area contributed by atoms with Gasteiger partial charge >= 0.3 is 0 Å². The van der Waals surface area contributed by atoms with E-state index < -0.39 is 21.6 Å². The third-order valence-corrected chi connectivity index (χ3v) is 7.65. The van der Waals surface area contributed by atoms with Crippen molar-refractivity contribution in [3.8, 4) is 22.7 Å². The first kappa shape index (κ1) is 27.7. The maximum atomic E-state index is 14.5. The number of hydrogen-bond donors (Lipinski definition) is 1. The van der Waals surface area contributed by atoms with Gasteiger partial charge in [-0.15, -0.1) is 0 Å². The van der Waals surface area contributed by atoms with Gasteiger partial charge in [0.05, 0.1) is 22.9 Å². The normalized spacial score (nSPS) is 17.5. The van der Waals surface area contributed by atoms with Crippen LogP contribution in [0.4, 0.5) is 4.39 Å². The van der Waals surface area contributed by atoms with Gasteiger partial charge in [0.1, 0.15) is 17.3 Å². The molecule has 9 nitrogen and oxygen atoms in total. The van der Waals surface area contributed by atoms with E-state index in [1.165, 1.54) is 24.3 Å². The molecule has 3 aromatic carbocycles. The van der Waals surface area contributed by atoms with Crippen molar-refractivity contribution in [1.29, 1.82) is 0 Å². The van der Waals surface area contributed by atoms with E-state index in [1.807, 2.05) is 30.3 Å². The molecule has 11 heteroatoms. The number of ether oxygens (including phenoxy) is 3. The first-order chi connectivity index (χ1) is 19.2. The minimum Gasteiger partial charge on any atom is -0.485 e. The van der Waals surface area contributed by atoms with Crippen LogP contribution in [0.2, 0.25) is 0 Å². The van der Waals surface area contributed by atoms with Crippen LogP contribution >= 0.6 is 0 Å². The Morgan fingerprint density at radius 1 is 1.10 bits per heavy atom. The Morgan fingerprint density at radius 3 is 2.55 bits per heavy atom. The topological polar surface area (TPSA) is 123 Å². The summed E-state index contributed by atoms with van der Waals surface area (Å²) in [6, 6.07) is 21.3. The number of carbonyl (C=O) groups is 1. The largest absolute Gasteiger partial charge is 0.485 e. The van der Waals surface area contributed by atoms with Gasteiger partial charge in [0, 0.05) is 25.2 Å². The van der Waals surface area contributed by atoms with Gasteiger partial charge in [-0.2, -0.15) is 5.10 Å². The average Bonchev–Trinajstić information content (AvgIpc) is 3.41. The van der Waals surface area contributed by atoms with Crippen molar-refractivity contribution in [3.05, 3.63) is 95.9 Å². The quantitative estimate of drug-likeness (QED) is 0.298. The van der Waals surface area contributed by atoms with E-state index in [0.29, 0.717) is 24.4 Å². The lowest BCUT2D eigenvalue weighted by atomic mass is 9.91. The highest BCUT2D eigenvalue weighted by Crippen LogP contribution is 2.33. The first-order valence-electron chi connectivity index (χ1n) is 12.6. The van der Waals surface area contributed by atoms with Gasteiger partial charge in [-0.1, -0.05) is 30.3 Å². The molecule has 0 bridgehead atoms. The SMILES string of the molecule is COC1CC(c2cc(F)cc(OCC(=O)c3cc(-c4ccccc4)n(-c4ccc(S(N)(=O)=O)cc4)n3)c2)CCO1. The minimum atomic E-state index is -3.86. The highest BCUT2D eigenvalue weighted by molar-refractivity contribution is 7.89. The third kappa shape index (κ3) is 6.28. The number of carbonyl (C=O) groups excluding carboxylic acids is 1. The molecule has 208 valence electrons. The van der Waals surface area contributed by atoms with Crippen molar-refractivity contribution in [3.63, 3.8) is 0 Å². The van der Waals surface area contributed by atoms with E-state index >= 15 is 0 Å². The summed E-state index contributed by atoms with van der Waals surface area (Å²) in [5.74, 6) is -0.588. The molecule has 1 aliphatic rings. The Hall–Kier alpha value is -3.90. The van der Waals surface area contributed by atoms with E-state index in [-0.39, 0.29) is 35.2 Å². The molecule has 40 heavy (non-hydrogen) atoms. The maximum Gasteiger partial charge on any atom is 0.238 e. The lowest BCUT2D eigenvalue weighted by molar-refractivity contribution is -0.150. The average molecular weight is 566 g/mol. The van der Waals surface area contributed by atoms with Gasteiger partial charge in [0.2, 0.25) is 15.8 Å². The fourth-order valence-electron chi connectivity index (χ4n) is 4.66. The van der Waals surface area contributed by atoms with Crippen LogP contribution in [0.5, 0.6) is 5.75 Å². The molecule has 1 aromatic heterocycles. The monoisotopic (exact) mass is 565 g/mol. The van der Waals surface area contributed by atoms with Crippen molar-refractivity contribution in [2.75, 3.05) is 20.3 Å². The number of ketones is 1. The second-order valence-corrected chi connectivity index (χ2v) is 11.0. The fraction of sp³-hybridized carbons (Fsp3) is 0.241. The van der Waals surface area contributed by atoms with Gasteiger partial charge in [0.15, 0.2) is 12.9 Å². The number of benzene rings is 3. The number of sulfonamides is 1. The maximum absolute atomic E-state index is 14.5. The molecule has 5 rings (SSSR count). The van der Waals surface area contributed by atoms with Crippen LogP contribution in [-0.4, -0.2) is 50.6 Å². The number of primary sulfonamides is 1. The molecule has 0 amide bonds. The summed E-state index contributed by atoms with van der Waals surface area (Å²) in [6.45, 7) is 0.151. The van der Waals surface area contributed by atoms with Gasteiger partial charge < -0.3 is 14.2 Å². The zero-order chi connectivity index (χ0) is 28.3. The van der Waals surface area contributed by atoms with Crippen LogP contribution in [0.25, 0.3) is 16.9 Å². The molecule has 1 aliphatic heterocycles. The number of hydrogen-bond acceptors (Lipinski definition) is 7. The molecule has 4 aromatic rings. The van der Waals surface area contributed by atoms with E-state index in [1.54, 1.807) is 36.1 Å². The van der Waals surface area contributed by atoms with Crippen LogP contribution in [0.1, 0.15) is 34.8 Å². The van der Waals surface area contributed by atoms with Crippen molar-refractivity contribution in [2.24, 2.45) is 5.14 Å². The molecule has 0 saturated carbocycles. The smallest absolute Gasteiger partial charge is 0.238 e. The summed E-state index contributed by atoms with van der Waals surface area (Å²) in [5.41, 5.74) is 2.84. The molecule has 0 radical (unpaired) electrons. The molecule has 2 unspecified atom stereocenters. The number of nitrogens with two attached hydrogens (primary N) is 1. The van der Waals surface area contributed by atoms with Gasteiger partial charge in [0.25, 0.3) is 0 Å². The van der Waals surface area contributed by atoms with E-state index in [4.69, 9.17) is 19.3 Å². The molecule has 0 spiro atoms. The van der Waals surface area contributed by atoms with Crippen molar-refractivity contribution in [1.82, 2.24) is 9.78 Å². The number of methoxy groups -OCH3 is 1. The van der Waals surface area contributed by atoms with Crippen molar-refractivity contribution in [2.45, 2.75) is 29.9 Å². The minimum absolute atomic E-state index is 0.0391. The van der Waals surface area contributed by atoms with Crippen LogP contribution in [-0.2, 0) is 19.5 Å². The molecular formula is C29H28FN3O6S. The molecule has 2 N–H and O–H groups in total. The number of halogens is 1. The number of aromatic nitrogens is 2. The molecule has 1 saturated heterocycles. The third-order valence-electron chi connectivity index (χ3n) is 6.72. The predicted molar refractivity (Wildman–Crippen MR) is 145 cm³/mol. The number of nitrogens with zero attached hydrogens (tertiary/aromatic N) is 2. The van der Waals surface area contributed by atoms with Crippen LogP contribution in [0.3, 0.4) is 0 Å². The van der Waals surface area contributed by atoms with Gasteiger partial charge in [-0.05, 0) is 60.4 Å². The first-order valence-corrected chi connectivity index (χ1v) is 14.2. The van der Waals surface area contributed by atoms with E-state index in [9.17, 15) is 17.6 Å². The van der Waals surface area contributed by atoms with Crippen molar-refractivity contribution >= 4 is 15.8 Å². The Bertz CT molecular complexity index is 1610. The molecular weight excluding hydrogens is 537 g/mol. The molecule has 2 atom stereocenters. The van der Waals surface area contributed by atoms with E-state index in [0.717, 1.165) is 17.5 Å². The summed E-state index contributed by atoms with van der Waals surface area (Å²) in [6.07, 6.45) is 0.966. The summed E-state index contributed by atoms with van der Waals surface area (Å²) >= 11 is 0. The number of rotatable bonds is 9. The lowest BCUT2D eigenvalue weighted by Gasteiger charge is -2.29. The summed E-state index contributed by atoms with van der Waals surface area (Å²) in [7, 11) is -2.29. The van der Waals surface area contributed by atoms with E-state index in [2.05, 4.69) is 5.10 Å². The second kappa shape index (κ2) is 11.7. The Labute approximate surface area is 231 Å². The molecule has 1 fully saturated rings. The fourth-order valence-corrected chi connectivity index (χ4v) is 5.17. The predicted octanol–water partition coefficient (Wildman–Crippen LogP) is 4.45. The zero-order valence-corrected chi connectivity index (χ0v) is 22.5. The zero-order valence-electron chi connectivity index (χ0n) is 21.7. The summed E-state index contributed by atoms with van der Waals surface area (Å²) < 4.78 is 55.9. The lowest BCUT2D eigenvalue weighted by Crippen LogP contribution is -2.26. The molecule has 2 heterocycles. The standard InChI is InChI=1S/C29H28FN3O6S/c1-37-29-15-20(11-12-38-29)21-13-22(30)16-24(14-21)39-18-28(34)26-17-27(19-5-3-2-4-6-19)33(32-26)23-7-9-25(10-8-23)40(31,35)36/h2-10,13-14,16-17,20,29H,11-12,15,18H2,1H3,(H2,31,35,36). The number of Topliss-reactive ketones (excluding diaryl/α,β-unsaturated/α-hetero) is 1. The summed E-state index contributed by atoms with van der Waals surface area (Å²) in [4.78, 5) is 13.1. The Kier molecular flexibility index (Phi) is 8.08. The van der Waals surface area contributed by atoms with Crippen LogP contribution in [0.15, 0.2) is 83.8 Å². The van der Waals surface area contributed by atoms with Gasteiger partial charge in [-0.3, -0.25) is 4.79 Å². The van der Waals surface area contributed by atoms with Crippen LogP contribution < -0.4 is 9.88 Å². The van der Waals surface area contributed by atoms with Crippen molar-refractivity contribution < 1.29 is 31.8 Å². The second-order valence-electron chi connectivity index (χ2n) is 9.42.